The van der Waals surface area contributed by atoms with E-state index in [1.807, 2.05) is 36.4 Å². The molecule has 116 valence electrons. The quantitative estimate of drug-likeness (QED) is 0.790. The maximum atomic E-state index is 11.8. The van der Waals surface area contributed by atoms with Crippen molar-refractivity contribution in [2.24, 2.45) is 0 Å². The van der Waals surface area contributed by atoms with Crippen LogP contribution in [0.2, 0.25) is 5.02 Å². The van der Waals surface area contributed by atoms with Crippen molar-refractivity contribution in [2.45, 2.75) is 23.7 Å². The lowest BCUT2D eigenvalue weighted by molar-refractivity contribution is 0.0924. The number of carbonyl (C=O) groups excluding carboxylic acids is 1. The summed E-state index contributed by atoms with van der Waals surface area (Å²) in [6, 6.07) is 15.2. The number of hydrogen-bond donors (Lipinski definition) is 2. The van der Waals surface area contributed by atoms with Gasteiger partial charge in [0.05, 0.1) is 6.10 Å². The number of amides is 1. The number of rotatable bonds is 6. The first-order valence-electron chi connectivity index (χ1n) is 6.98. The molecule has 0 aromatic heterocycles. The average molecular weight is 336 g/mol. The minimum absolute atomic E-state index is 0.169. The monoisotopic (exact) mass is 335 g/mol. The van der Waals surface area contributed by atoms with Crippen LogP contribution in [0.25, 0.3) is 0 Å². The van der Waals surface area contributed by atoms with Gasteiger partial charge in [-0.25, -0.2) is 0 Å². The van der Waals surface area contributed by atoms with Gasteiger partial charge >= 0.3 is 0 Å². The van der Waals surface area contributed by atoms with Crippen molar-refractivity contribution in [3.8, 4) is 0 Å². The molecule has 0 saturated heterocycles. The van der Waals surface area contributed by atoms with Gasteiger partial charge in [-0.3, -0.25) is 4.79 Å². The van der Waals surface area contributed by atoms with Crippen LogP contribution in [0.4, 0.5) is 0 Å². The third-order valence-electron chi connectivity index (χ3n) is 2.99. The molecule has 1 atom stereocenters. The second-order valence-corrected chi connectivity index (χ2v) is 6.48. The van der Waals surface area contributed by atoms with Gasteiger partial charge in [0.2, 0.25) is 0 Å². The molecule has 0 heterocycles. The van der Waals surface area contributed by atoms with E-state index in [9.17, 15) is 4.79 Å². The second-order valence-electron chi connectivity index (χ2n) is 5.00. The molecular formula is C17H18ClNO2S. The van der Waals surface area contributed by atoms with E-state index in [1.54, 1.807) is 30.8 Å². The van der Waals surface area contributed by atoms with Crippen LogP contribution in [0.3, 0.4) is 0 Å². The van der Waals surface area contributed by atoms with E-state index in [0.29, 0.717) is 5.56 Å². The lowest BCUT2D eigenvalue weighted by Gasteiger charge is -2.08. The van der Waals surface area contributed by atoms with Crippen LogP contribution in [0.5, 0.6) is 0 Å². The van der Waals surface area contributed by atoms with Crippen LogP contribution in [0.1, 0.15) is 22.8 Å². The summed E-state index contributed by atoms with van der Waals surface area (Å²) < 4.78 is 0. The molecule has 0 radical (unpaired) electrons. The molecule has 0 aliphatic rings. The summed E-state index contributed by atoms with van der Waals surface area (Å²) in [4.78, 5) is 13.0. The van der Waals surface area contributed by atoms with Crippen LogP contribution >= 0.6 is 23.4 Å². The molecule has 1 amide bonds. The first-order chi connectivity index (χ1) is 10.5. The van der Waals surface area contributed by atoms with Gasteiger partial charge in [0, 0.05) is 27.8 Å². The third-order valence-corrected chi connectivity index (χ3v) is 4.33. The number of benzene rings is 2. The Kier molecular flexibility index (Phi) is 6.31. The standard InChI is InChI=1S/C17H18ClNO2S/c1-12(20)10-19-17(21)14-4-2-13(3-5-14)11-22-16-8-6-15(18)7-9-16/h2-9,12,20H,10-11H2,1H3,(H,19,21). The summed E-state index contributed by atoms with van der Waals surface area (Å²) in [5.74, 6) is 0.662. The summed E-state index contributed by atoms with van der Waals surface area (Å²) in [6.45, 7) is 1.89. The largest absolute Gasteiger partial charge is 0.392 e. The summed E-state index contributed by atoms with van der Waals surface area (Å²) in [6.07, 6.45) is -0.543. The third kappa shape index (κ3) is 5.37. The second kappa shape index (κ2) is 8.22. The van der Waals surface area contributed by atoms with E-state index >= 15 is 0 Å². The molecule has 1 unspecified atom stereocenters. The fraction of sp³-hybridized carbons (Fsp3) is 0.235. The first-order valence-corrected chi connectivity index (χ1v) is 8.34. The lowest BCUT2D eigenvalue weighted by Crippen LogP contribution is -2.30. The van der Waals surface area contributed by atoms with Gasteiger partial charge in [-0.15, -0.1) is 11.8 Å². The van der Waals surface area contributed by atoms with Crippen molar-refractivity contribution in [1.82, 2.24) is 5.32 Å². The van der Waals surface area contributed by atoms with E-state index in [2.05, 4.69) is 5.32 Å². The Bertz CT molecular complexity index is 612. The first kappa shape index (κ1) is 16.9. The highest BCUT2D eigenvalue weighted by Crippen LogP contribution is 2.24. The SMILES string of the molecule is CC(O)CNC(=O)c1ccc(CSc2ccc(Cl)cc2)cc1. The maximum Gasteiger partial charge on any atom is 0.251 e. The van der Waals surface area contributed by atoms with Gasteiger partial charge in [0.15, 0.2) is 0 Å². The van der Waals surface area contributed by atoms with Gasteiger partial charge < -0.3 is 10.4 Å². The van der Waals surface area contributed by atoms with Crippen molar-refractivity contribution < 1.29 is 9.90 Å². The Balaban J connectivity index is 1.88. The number of thioether (sulfide) groups is 1. The number of aliphatic hydroxyl groups excluding tert-OH is 1. The maximum absolute atomic E-state index is 11.8. The van der Waals surface area contributed by atoms with Gasteiger partial charge in [-0.2, -0.15) is 0 Å². The van der Waals surface area contributed by atoms with Crippen molar-refractivity contribution >= 4 is 29.3 Å². The highest BCUT2D eigenvalue weighted by molar-refractivity contribution is 7.98. The molecule has 0 saturated carbocycles. The molecular weight excluding hydrogens is 318 g/mol. The summed E-state index contributed by atoms with van der Waals surface area (Å²) in [7, 11) is 0. The predicted octanol–water partition coefficient (Wildman–Crippen LogP) is 3.74. The van der Waals surface area contributed by atoms with Crippen molar-refractivity contribution in [1.29, 1.82) is 0 Å². The van der Waals surface area contributed by atoms with Crippen LogP contribution in [-0.4, -0.2) is 23.7 Å². The number of aliphatic hydroxyl groups is 1. The molecule has 0 fully saturated rings. The topological polar surface area (TPSA) is 49.3 Å². The number of carbonyl (C=O) groups is 1. The number of nitrogens with one attached hydrogen (secondary N) is 1. The molecule has 0 aliphatic carbocycles. The normalized spacial score (nSPS) is 12.0. The Morgan fingerprint density at radius 3 is 2.41 bits per heavy atom. The summed E-state index contributed by atoms with van der Waals surface area (Å²) >= 11 is 7.58. The molecule has 0 aliphatic heterocycles. The van der Waals surface area contributed by atoms with Crippen LogP contribution < -0.4 is 5.32 Å². The molecule has 2 N–H and O–H groups in total. The average Bonchev–Trinajstić information content (AvgIpc) is 2.52. The van der Waals surface area contributed by atoms with Crippen molar-refractivity contribution in [3.05, 3.63) is 64.7 Å². The van der Waals surface area contributed by atoms with E-state index < -0.39 is 6.10 Å². The Morgan fingerprint density at radius 1 is 1.18 bits per heavy atom. The molecule has 2 aromatic carbocycles. The van der Waals surface area contributed by atoms with E-state index in [4.69, 9.17) is 16.7 Å². The van der Waals surface area contributed by atoms with E-state index in [1.165, 1.54) is 0 Å². The van der Waals surface area contributed by atoms with Crippen molar-refractivity contribution in [3.63, 3.8) is 0 Å². The molecule has 2 rings (SSSR count). The van der Waals surface area contributed by atoms with Crippen LogP contribution in [0.15, 0.2) is 53.4 Å². The molecule has 3 nitrogen and oxygen atoms in total. The summed E-state index contributed by atoms with van der Waals surface area (Å²) in [5, 5.41) is 12.6. The minimum Gasteiger partial charge on any atom is -0.392 e. The van der Waals surface area contributed by atoms with Gasteiger partial charge in [0.25, 0.3) is 5.91 Å². The number of hydrogen-bond acceptors (Lipinski definition) is 3. The van der Waals surface area contributed by atoms with E-state index in [-0.39, 0.29) is 12.5 Å². The highest BCUT2D eigenvalue weighted by Gasteiger charge is 2.06. The molecule has 22 heavy (non-hydrogen) atoms. The zero-order valence-electron chi connectivity index (χ0n) is 12.3. The van der Waals surface area contributed by atoms with Crippen LogP contribution in [-0.2, 0) is 5.75 Å². The molecule has 0 bridgehead atoms. The van der Waals surface area contributed by atoms with E-state index in [0.717, 1.165) is 21.2 Å². The van der Waals surface area contributed by atoms with Gasteiger partial charge in [-0.05, 0) is 48.9 Å². The van der Waals surface area contributed by atoms with Gasteiger partial charge in [-0.1, -0.05) is 23.7 Å². The Morgan fingerprint density at radius 2 is 1.82 bits per heavy atom. The lowest BCUT2D eigenvalue weighted by atomic mass is 10.1. The highest BCUT2D eigenvalue weighted by atomic mass is 35.5. The van der Waals surface area contributed by atoms with Gasteiger partial charge in [0.1, 0.15) is 0 Å². The van der Waals surface area contributed by atoms with Crippen molar-refractivity contribution in [2.75, 3.05) is 6.54 Å². The Labute approximate surface area is 139 Å². The fourth-order valence-corrected chi connectivity index (χ4v) is 2.77. The zero-order chi connectivity index (χ0) is 15.9. The number of halogens is 1. The predicted molar refractivity (Wildman–Crippen MR) is 91.5 cm³/mol. The zero-order valence-corrected chi connectivity index (χ0v) is 13.8. The van der Waals surface area contributed by atoms with Crippen LogP contribution in [0, 0.1) is 0 Å². The smallest absolute Gasteiger partial charge is 0.251 e. The molecule has 2 aromatic rings. The molecule has 0 spiro atoms. The fourth-order valence-electron chi connectivity index (χ4n) is 1.79. The minimum atomic E-state index is -0.543. The molecule has 5 heteroatoms. The summed E-state index contributed by atoms with van der Waals surface area (Å²) in [5.41, 5.74) is 1.74. The Hall–Kier alpha value is -1.49.